The van der Waals surface area contributed by atoms with Gasteiger partial charge in [0.05, 0.1) is 33.3 Å². The second-order valence-electron chi connectivity index (χ2n) is 10.2. The lowest BCUT2D eigenvalue weighted by molar-refractivity contribution is -0.920. The molecule has 1 atom stereocenters. The smallest absolute Gasteiger partial charge is 0.359 e. The number of ether oxygens (including phenoxy) is 1. The zero-order chi connectivity index (χ0) is 29.8. The highest BCUT2D eigenvalue weighted by atomic mass is 35.5. The number of benzene rings is 2. The zero-order valence-corrected chi connectivity index (χ0v) is 24.5. The molecule has 0 aliphatic heterocycles. The van der Waals surface area contributed by atoms with E-state index in [9.17, 15) is 14.7 Å². The molecule has 3 rings (SSSR count). The first-order valence-electron chi connectivity index (χ1n) is 13.8. The van der Waals surface area contributed by atoms with Crippen LogP contribution in [0, 0.1) is 0 Å². The summed E-state index contributed by atoms with van der Waals surface area (Å²) in [5, 5.41) is 12.6. The minimum absolute atomic E-state index is 0.0527. The summed E-state index contributed by atoms with van der Waals surface area (Å²) in [5.41, 5.74) is 15.0. The van der Waals surface area contributed by atoms with E-state index in [1.54, 1.807) is 7.11 Å². The van der Waals surface area contributed by atoms with E-state index in [0.717, 1.165) is 43.4 Å². The fourth-order valence-corrected chi connectivity index (χ4v) is 5.06. The van der Waals surface area contributed by atoms with Crippen LogP contribution < -0.4 is 21.5 Å². The molecule has 0 radical (unpaired) electrons. The second kappa shape index (κ2) is 15.2. The van der Waals surface area contributed by atoms with Crippen LogP contribution in [-0.2, 0) is 24.1 Å². The van der Waals surface area contributed by atoms with Crippen molar-refractivity contribution in [3.05, 3.63) is 76.1 Å². The van der Waals surface area contributed by atoms with Crippen LogP contribution in [0.25, 0.3) is 0 Å². The van der Waals surface area contributed by atoms with Crippen molar-refractivity contribution in [2.45, 2.75) is 39.0 Å². The molecule has 0 saturated carbocycles. The van der Waals surface area contributed by atoms with Gasteiger partial charge in [0.1, 0.15) is 5.75 Å². The monoisotopic (exact) mass is 583 g/mol. The number of nitrogens with one attached hydrogen (secondary N) is 1. The van der Waals surface area contributed by atoms with Gasteiger partial charge >= 0.3 is 5.97 Å². The van der Waals surface area contributed by atoms with Crippen molar-refractivity contribution >= 4 is 35.1 Å². The van der Waals surface area contributed by atoms with Gasteiger partial charge in [-0.25, -0.2) is 14.8 Å². The van der Waals surface area contributed by atoms with Gasteiger partial charge in [0.25, 0.3) is 5.91 Å². The summed E-state index contributed by atoms with van der Waals surface area (Å²) in [5.74, 6) is -0.809. The Morgan fingerprint density at radius 3 is 2.00 bits per heavy atom. The van der Waals surface area contributed by atoms with E-state index < -0.39 is 11.9 Å². The van der Waals surface area contributed by atoms with Crippen molar-refractivity contribution in [1.29, 1.82) is 0 Å². The number of methoxy groups -OCH3 is 1. The van der Waals surface area contributed by atoms with Crippen molar-refractivity contribution in [2.75, 3.05) is 51.3 Å². The van der Waals surface area contributed by atoms with Crippen molar-refractivity contribution in [3.63, 3.8) is 0 Å². The molecule has 3 aromatic rings. The van der Waals surface area contributed by atoms with Crippen LogP contribution in [0.4, 0.5) is 11.6 Å². The maximum atomic E-state index is 12.8. The Morgan fingerprint density at radius 2 is 1.46 bits per heavy atom. The molecule has 2 aromatic carbocycles. The number of aromatic nitrogens is 2. The first-order valence-corrected chi connectivity index (χ1v) is 14.2. The third kappa shape index (κ3) is 9.61. The maximum Gasteiger partial charge on any atom is 0.359 e. The van der Waals surface area contributed by atoms with E-state index in [-0.39, 0.29) is 35.6 Å². The Hall–Kier alpha value is -3.89. The molecule has 1 aromatic heterocycles. The largest absolute Gasteiger partial charge is 0.497 e. The average molecular weight is 584 g/mol. The fraction of sp³-hybridized carbons (Fsp3) is 0.400. The zero-order valence-electron chi connectivity index (χ0n) is 23.7. The molecular formula is C30H40ClN6O4+. The van der Waals surface area contributed by atoms with Gasteiger partial charge in [0, 0.05) is 12.8 Å². The quantitative estimate of drug-likeness (QED) is 0.186. The lowest BCUT2D eigenvalue weighted by atomic mass is 10.0. The van der Waals surface area contributed by atoms with Crippen molar-refractivity contribution in [3.8, 4) is 5.75 Å². The molecule has 0 aliphatic rings. The summed E-state index contributed by atoms with van der Waals surface area (Å²) in [6.07, 6.45) is 4.21. The highest BCUT2D eigenvalue weighted by Gasteiger charge is 2.30. The minimum Gasteiger partial charge on any atom is -0.497 e. The van der Waals surface area contributed by atoms with E-state index in [1.807, 2.05) is 24.3 Å². The van der Waals surface area contributed by atoms with E-state index in [4.69, 9.17) is 27.8 Å². The number of hydrogen-bond acceptors (Lipinski definition) is 7. The minimum atomic E-state index is -0.881. The first-order chi connectivity index (χ1) is 19.6. The van der Waals surface area contributed by atoms with Crippen LogP contribution in [0.15, 0.2) is 48.5 Å². The number of nitrogen functional groups attached to an aromatic ring is 2. The summed E-state index contributed by atoms with van der Waals surface area (Å²) in [7, 11) is 1.63. The standard InChI is InChI=1S/C30H39ClN6O4/c1-3-21-8-10-22(11-9-21)6-4-17-37(20-25(38)39,18-5-7-23-12-14-24(41-2)15-13-23)19-16-34-30(40)26-28(32)36-29(33)27(31)35-26/h8-15H,3-7,16-20H2,1-2H3,(H5-,32,33,34,36,38,39,40)/p+1. The molecule has 1 heterocycles. The number of carbonyl (C=O) groups is 2. The van der Waals surface area contributed by atoms with Crippen molar-refractivity contribution in [1.82, 2.24) is 15.3 Å². The lowest BCUT2D eigenvalue weighted by Gasteiger charge is -2.38. The summed E-state index contributed by atoms with van der Waals surface area (Å²) >= 11 is 5.93. The summed E-state index contributed by atoms with van der Waals surface area (Å²) in [4.78, 5) is 32.7. The molecule has 11 heteroatoms. The number of halogens is 1. The number of anilines is 2. The van der Waals surface area contributed by atoms with Gasteiger partial charge in [-0.3, -0.25) is 4.79 Å². The Kier molecular flexibility index (Phi) is 11.7. The van der Waals surface area contributed by atoms with Gasteiger partial charge in [0.2, 0.25) is 0 Å². The molecule has 0 saturated heterocycles. The number of hydrogen-bond donors (Lipinski definition) is 4. The van der Waals surface area contributed by atoms with Gasteiger partial charge < -0.3 is 31.1 Å². The molecular weight excluding hydrogens is 544 g/mol. The van der Waals surface area contributed by atoms with Crippen molar-refractivity contribution < 1.29 is 23.9 Å². The van der Waals surface area contributed by atoms with Crippen LogP contribution >= 0.6 is 11.6 Å². The van der Waals surface area contributed by atoms with Crippen LogP contribution in [0.5, 0.6) is 5.75 Å². The number of aryl methyl sites for hydroxylation is 3. The molecule has 41 heavy (non-hydrogen) atoms. The molecule has 220 valence electrons. The number of carboxylic acids is 1. The van der Waals surface area contributed by atoms with E-state index in [2.05, 4.69) is 46.5 Å². The number of aliphatic carboxylic acids is 1. The predicted molar refractivity (Wildman–Crippen MR) is 161 cm³/mol. The number of nitrogens with two attached hydrogens (primary N) is 2. The van der Waals surface area contributed by atoms with Gasteiger partial charge in [-0.2, -0.15) is 0 Å². The normalized spacial score (nSPS) is 12.5. The Morgan fingerprint density at radius 1 is 0.902 bits per heavy atom. The van der Waals surface area contributed by atoms with E-state index >= 15 is 0 Å². The van der Waals surface area contributed by atoms with Crippen LogP contribution in [0.2, 0.25) is 5.15 Å². The Labute approximate surface area is 246 Å². The SMILES string of the molecule is CCc1ccc(CCC[N+](CCCc2ccc(OC)cc2)(CCNC(=O)c2nc(Cl)c(N)nc2N)CC(=O)O)cc1. The number of quaternary nitrogens is 1. The molecule has 0 bridgehead atoms. The topological polar surface area (TPSA) is 153 Å². The van der Waals surface area contributed by atoms with Gasteiger partial charge in [-0.1, -0.05) is 54.9 Å². The molecule has 0 spiro atoms. The van der Waals surface area contributed by atoms with Crippen LogP contribution in [-0.4, -0.2) is 71.3 Å². The third-order valence-corrected chi connectivity index (χ3v) is 7.53. The predicted octanol–water partition coefficient (Wildman–Crippen LogP) is 3.76. The van der Waals surface area contributed by atoms with Gasteiger partial charge in [-0.15, -0.1) is 0 Å². The number of carboxylic acid groups (broad SMARTS) is 1. The van der Waals surface area contributed by atoms with Gasteiger partial charge in [-0.05, 0) is 48.1 Å². The maximum absolute atomic E-state index is 12.8. The van der Waals surface area contributed by atoms with Crippen LogP contribution in [0.3, 0.4) is 0 Å². The van der Waals surface area contributed by atoms with Crippen LogP contribution in [0.1, 0.15) is 46.9 Å². The molecule has 0 aliphatic carbocycles. The number of amides is 1. The Bertz CT molecular complexity index is 1250. The number of rotatable bonds is 16. The molecule has 1 unspecified atom stereocenters. The fourth-order valence-electron chi connectivity index (χ4n) is 4.93. The average Bonchev–Trinajstić information content (AvgIpc) is 2.95. The molecule has 1 amide bonds. The third-order valence-electron chi connectivity index (χ3n) is 7.25. The summed E-state index contributed by atoms with van der Waals surface area (Å²) < 4.78 is 5.57. The lowest BCUT2D eigenvalue weighted by Crippen LogP contribution is -2.55. The number of carbonyl (C=O) groups excluding carboxylic acids is 1. The van der Waals surface area contributed by atoms with Crippen molar-refractivity contribution in [2.24, 2.45) is 0 Å². The second-order valence-corrected chi connectivity index (χ2v) is 10.5. The molecule has 6 N–H and O–H groups in total. The first kappa shape index (κ1) is 31.6. The van der Waals surface area contributed by atoms with Gasteiger partial charge in [0.15, 0.2) is 29.0 Å². The number of nitrogens with zero attached hydrogens (tertiary/aromatic N) is 3. The molecule has 10 nitrogen and oxygen atoms in total. The Balaban J connectivity index is 1.72. The summed E-state index contributed by atoms with van der Waals surface area (Å²) in [6.45, 7) is 4.01. The highest BCUT2D eigenvalue weighted by Crippen LogP contribution is 2.19. The van der Waals surface area contributed by atoms with E-state index in [1.165, 1.54) is 11.1 Å². The van der Waals surface area contributed by atoms with E-state index in [0.29, 0.717) is 24.1 Å². The summed E-state index contributed by atoms with van der Waals surface area (Å²) in [6, 6.07) is 16.4. The molecule has 0 fully saturated rings. The highest BCUT2D eigenvalue weighted by molar-refractivity contribution is 6.31.